The summed E-state index contributed by atoms with van der Waals surface area (Å²) < 4.78 is 2.16. The van der Waals surface area contributed by atoms with E-state index in [1.807, 2.05) is 25.1 Å². The molecule has 0 aliphatic heterocycles. The molecule has 0 fully saturated rings. The molecule has 3 nitrogen and oxygen atoms in total. The molecule has 0 atom stereocenters. The first-order valence-electron chi connectivity index (χ1n) is 6.53. The highest BCUT2D eigenvalue weighted by atomic mass is 16.1. The van der Waals surface area contributed by atoms with Crippen molar-refractivity contribution in [3.05, 3.63) is 29.6 Å². The molecule has 0 N–H and O–H groups in total. The number of fused-ring (bicyclic) bond motifs is 1. The Kier molecular flexibility index (Phi) is 3.50. The maximum atomic E-state index is 12.0. The van der Waals surface area contributed by atoms with Crippen LogP contribution in [0.25, 0.3) is 11.0 Å². The molecule has 1 heterocycles. The molecule has 0 amide bonds. The van der Waals surface area contributed by atoms with E-state index in [9.17, 15) is 4.79 Å². The van der Waals surface area contributed by atoms with Gasteiger partial charge in [0.1, 0.15) is 5.82 Å². The summed E-state index contributed by atoms with van der Waals surface area (Å²) in [6.45, 7) is 9.13. The van der Waals surface area contributed by atoms with E-state index in [1.54, 1.807) is 0 Å². The molecule has 2 aromatic rings. The number of ketones is 1. The fraction of sp³-hybridized carbons (Fsp3) is 0.467. The lowest BCUT2D eigenvalue weighted by Gasteiger charge is -2.05. The Hall–Kier alpha value is -1.64. The molecule has 0 saturated heterocycles. The molecule has 0 unspecified atom stereocenters. The van der Waals surface area contributed by atoms with Crippen LogP contribution in [0.4, 0.5) is 0 Å². The number of hydrogen-bond acceptors (Lipinski definition) is 2. The fourth-order valence-electron chi connectivity index (χ4n) is 2.31. The Labute approximate surface area is 108 Å². The van der Waals surface area contributed by atoms with Gasteiger partial charge in [0.25, 0.3) is 0 Å². The van der Waals surface area contributed by atoms with Gasteiger partial charge >= 0.3 is 0 Å². The van der Waals surface area contributed by atoms with Crippen LogP contribution in [0.1, 0.15) is 43.4 Å². The lowest BCUT2D eigenvalue weighted by atomic mass is 10.0. The molecule has 3 heteroatoms. The SMILES string of the molecule is CCn1c(C)nc2cc(C(=O)CC(C)C)ccc21. The van der Waals surface area contributed by atoms with Crippen LogP contribution in [0.3, 0.4) is 0 Å². The van der Waals surface area contributed by atoms with Gasteiger partial charge in [0, 0.05) is 18.5 Å². The number of Topliss-reactive ketones (excluding diaryl/α,β-unsaturated/α-hetero) is 1. The smallest absolute Gasteiger partial charge is 0.163 e. The normalized spacial score (nSPS) is 11.4. The van der Waals surface area contributed by atoms with E-state index in [-0.39, 0.29) is 5.78 Å². The van der Waals surface area contributed by atoms with Gasteiger partial charge in [0.05, 0.1) is 11.0 Å². The molecule has 0 radical (unpaired) electrons. The number of nitrogens with zero attached hydrogens (tertiary/aromatic N) is 2. The van der Waals surface area contributed by atoms with Gasteiger partial charge in [0.2, 0.25) is 0 Å². The summed E-state index contributed by atoms with van der Waals surface area (Å²) in [5.41, 5.74) is 2.80. The summed E-state index contributed by atoms with van der Waals surface area (Å²) in [6.07, 6.45) is 0.596. The van der Waals surface area contributed by atoms with Gasteiger partial charge in [-0.2, -0.15) is 0 Å². The zero-order valence-corrected chi connectivity index (χ0v) is 11.5. The summed E-state index contributed by atoms with van der Waals surface area (Å²) in [4.78, 5) is 16.5. The average molecular weight is 244 g/mol. The number of hydrogen-bond donors (Lipinski definition) is 0. The molecule has 0 spiro atoms. The highest BCUT2D eigenvalue weighted by Gasteiger charge is 2.11. The summed E-state index contributed by atoms with van der Waals surface area (Å²) in [6, 6.07) is 5.84. The Bertz CT molecular complexity index is 581. The second-order valence-electron chi connectivity index (χ2n) is 5.13. The number of carbonyl (C=O) groups excluding carboxylic acids is 1. The zero-order valence-electron chi connectivity index (χ0n) is 11.5. The highest BCUT2D eigenvalue weighted by molar-refractivity contribution is 5.99. The van der Waals surface area contributed by atoms with Gasteiger partial charge in [-0.15, -0.1) is 0 Å². The predicted octanol–water partition coefficient (Wildman–Crippen LogP) is 3.59. The Morgan fingerprint density at radius 1 is 1.39 bits per heavy atom. The van der Waals surface area contributed by atoms with Crippen molar-refractivity contribution >= 4 is 16.8 Å². The Morgan fingerprint density at radius 2 is 2.11 bits per heavy atom. The number of aryl methyl sites for hydroxylation is 2. The molecule has 2 rings (SSSR count). The maximum absolute atomic E-state index is 12.0. The average Bonchev–Trinajstić information content (AvgIpc) is 2.62. The monoisotopic (exact) mass is 244 g/mol. The van der Waals surface area contributed by atoms with Crippen LogP contribution in [-0.4, -0.2) is 15.3 Å². The van der Waals surface area contributed by atoms with Gasteiger partial charge in [-0.1, -0.05) is 13.8 Å². The van der Waals surface area contributed by atoms with Crippen LogP contribution < -0.4 is 0 Å². The molecule has 96 valence electrons. The first-order chi connectivity index (χ1) is 8.52. The quantitative estimate of drug-likeness (QED) is 0.770. The molecule has 0 aliphatic rings. The van der Waals surface area contributed by atoms with Crippen LogP contribution in [0.2, 0.25) is 0 Å². The zero-order chi connectivity index (χ0) is 13.3. The van der Waals surface area contributed by atoms with Crippen molar-refractivity contribution in [1.29, 1.82) is 0 Å². The number of imidazole rings is 1. The molecular formula is C15H20N2O. The lowest BCUT2D eigenvalue weighted by Crippen LogP contribution is -2.03. The van der Waals surface area contributed by atoms with E-state index in [4.69, 9.17) is 0 Å². The molecule has 1 aromatic heterocycles. The summed E-state index contributed by atoms with van der Waals surface area (Å²) in [5, 5.41) is 0. The van der Waals surface area contributed by atoms with E-state index in [0.29, 0.717) is 12.3 Å². The van der Waals surface area contributed by atoms with Crippen molar-refractivity contribution in [2.24, 2.45) is 5.92 Å². The van der Waals surface area contributed by atoms with Crippen LogP contribution in [0.15, 0.2) is 18.2 Å². The van der Waals surface area contributed by atoms with Gasteiger partial charge in [-0.25, -0.2) is 4.98 Å². The number of aromatic nitrogens is 2. The summed E-state index contributed by atoms with van der Waals surface area (Å²) in [7, 11) is 0. The first-order valence-corrected chi connectivity index (χ1v) is 6.53. The maximum Gasteiger partial charge on any atom is 0.163 e. The van der Waals surface area contributed by atoms with E-state index in [0.717, 1.165) is 29.0 Å². The number of benzene rings is 1. The van der Waals surface area contributed by atoms with Crippen LogP contribution >= 0.6 is 0 Å². The van der Waals surface area contributed by atoms with E-state index in [2.05, 4.69) is 30.3 Å². The molecular weight excluding hydrogens is 224 g/mol. The third-order valence-corrected chi connectivity index (χ3v) is 3.17. The third-order valence-electron chi connectivity index (χ3n) is 3.17. The minimum atomic E-state index is 0.204. The third kappa shape index (κ3) is 2.30. The van der Waals surface area contributed by atoms with Crippen molar-refractivity contribution < 1.29 is 4.79 Å². The van der Waals surface area contributed by atoms with Crippen LogP contribution in [-0.2, 0) is 6.54 Å². The predicted molar refractivity (Wildman–Crippen MR) is 73.9 cm³/mol. The van der Waals surface area contributed by atoms with Gasteiger partial charge < -0.3 is 4.57 Å². The van der Waals surface area contributed by atoms with Crippen LogP contribution in [0.5, 0.6) is 0 Å². The van der Waals surface area contributed by atoms with Gasteiger partial charge in [-0.3, -0.25) is 4.79 Å². The molecule has 18 heavy (non-hydrogen) atoms. The summed E-state index contributed by atoms with van der Waals surface area (Å²) in [5.74, 6) is 1.60. The Morgan fingerprint density at radius 3 is 2.72 bits per heavy atom. The minimum absolute atomic E-state index is 0.204. The van der Waals surface area contributed by atoms with Crippen molar-refractivity contribution in [2.75, 3.05) is 0 Å². The van der Waals surface area contributed by atoms with Crippen molar-refractivity contribution in [2.45, 2.75) is 40.7 Å². The van der Waals surface area contributed by atoms with E-state index >= 15 is 0 Å². The van der Waals surface area contributed by atoms with Crippen LogP contribution in [0, 0.1) is 12.8 Å². The first kappa shape index (κ1) is 12.8. The van der Waals surface area contributed by atoms with Gasteiger partial charge in [-0.05, 0) is 38.0 Å². The second-order valence-corrected chi connectivity index (χ2v) is 5.13. The molecule has 1 aromatic carbocycles. The summed E-state index contributed by atoms with van der Waals surface area (Å²) >= 11 is 0. The molecule has 0 saturated carbocycles. The second kappa shape index (κ2) is 4.92. The van der Waals surface area contributed by atoms with Crippen molar-refractivity contribution in [1.82, 2.24) is 9.55 Å². The molecule has 0 aliphatic carbocycles. The van der Waals surface area contributed by atoms with E-state index in [1.165, 1.54) is 0 Å². The van der Waals surface area contributed by atoms with Crippen molar-refractivity contribution in [3.63, 3.8) is 0 Å². The number of carbonyl (C=O) groups is 1. The lowest BCUT2D eigenvalue weighted by molar-refractivity contribution is 0.0968. The van der Waals surface area contributed by atoms with Crippen molar-refractivity contribution in [3.8, 4) is 0 Å². The highest BCUT2D eigenvalue weighted by Crippen LogP contribution is 2.19. The fourth-order valence-corrected chi connectivity index (χ4v) is 2.31. The van der Waals surface area contributed by atoms with Gasteiger partial charge in [0.15, 0.2) is 5.78 Å². The minimum Gasteiger partial charge on any atom is -0.329 e. The molecule has 0 bridgehead atoms. The standard InChI is InChI=1S/C15H20N2O/c1-5-17-11(4)16-13-9-12(6-7-14(13)17)15(18)8-10(2)3/h6-7,9-10H,5,8H2,1-4H3. The largest absolute Gasteiger partial charge is 0.329 e. The topological polar surface area (TPSA) is 34.9 Å². The Balaban J connectivity index is 2.42. The number of rotatable bonds is 4. The van der Waals surface area contributed by atoms with E-state index < -0.39 is 0 Å².